The van der Waals surface area contributed by atoms with Crippen LogP contribution in [-0.2, 0) is 9.53 Å². The third-order valence-corrected chi connectivity index (χ3v) is 1.69. The largest absolute Gasteiger partial charge is 0.370 e. The number of carbonyl (C=O) groups excluding carboxylic acids is 1. The Hall–Kier alpha value is -1.62. The van der Waals surface area contributed by atoms with Crippen molar-refractivity contribution in [3.8, 4) is 0 Å². The molecule has 0 spiro atoms. The van der Waals surface area contributed by atoms with Crippen LogP contribution in [0.15, 0.2) is 18.2 Å². The van der Waals surface area contributed by atoms with Gasteiger partial charge in [-0.3, -0.25) is 4.79 Å². The van der Waals surface area contributed by atoms with Crippen molar-refractivity contribution in [3.63, 3.8) is 0 Å². The molecule has 0 atom stereocenters. The monoisotopic (exact) mass is 209 g/mol. The molecule has 0 aliphatic rings. The number of aryl methyl sites for hydroxylation is 1. The van der Waals surface area contributed by atoms with Gasteiger partial charge in [0, 0.05) is 12.2 Å². The van der Waals surface area contributed by atoms with Gasteiger partial charge >= 0.3 is 0 Å². The Morgan fingerprint density at radius 1 is 1.60 bits per heavy atom. The van der Waals surface area contributed by atoms with E-state index < -0.39 is 5.91 Å². The number of hydrogen-bond acceptors (Lipinski definition) is 4. The third kappa shape index (κ3) is 4.97. The van der Waals surface area contributed by atoms with Crippen LogP contribution in [-0.4, -0.2) is 30.6 Å². The molecule has 0 bridgehead atoms. The molecule has 0 fully saturated rings. The first kappa shape index (κ1) is 11.5. The van der Waals surface area contributed by atoms with Crippen LogP contribution in [0.25, 0.3) is 0 Å². The van der Waals surface area contributed by atoms with E-state index in [2.05, 4.69) is 10.3 Å². The summed E-state index contributed by atoms with van der Waals surface area (Å²) in [6, 6.07) is 5.73. The van der Waals surface area contributed by atoms with Crippen molar-refractivity contribution >= 4 is 11.7 Å². The van der Waals surface area contributed by atoms with Crippen molar-refractivity contribution in [1.29, 1.82) is 0 Å². The van der Waals surface area contributed by atoms with E-state index in [-0.39, 0.29) is 6.61 Å². The van der Waals surface area contributed by atoms with Gasteiger partial charge < -0.3 is 15.8 Å². The van der Waals surface area contributed by atoms with Gasteiger partial charge in [-0.25, -0.2) is 4.98 Å². The van der Waals surface area contributed by atoms with Gasteiger partial charge in [-0.15, -0.1) is 0 Å². The molecule has 5 nitrogen and oxygen atoms in total. The van der Waals surface area contributed by atoms with Crippen LogP contribution in [0, 0.1) is 6.92 Å². The fourth-order valence-corrected chi connectivity index (χ4v) is 1.07. The number of nitrogens with zero attached hydrogens (tertiary/aromatic N) is 1. The zero-order valence-electron chi connectivity index (χ0n) is 8.69. The van der Waals surface area contributed by atoms with Gasteiger partial charge in [0.25, 0.3) is 0 Å². The average Bonchev–Trinajstić information content (AvgIpc) is 2.17. The van der Waals surface area contributed by atoms with E-state index >= 15 is 0 Å². The highest BCUT2D eigenvalue weighted by Crippen LogP contribution is 2.02. The summed E-state index contributed by atoms with van der Waals surface area (Å²) in [5.41, 5.74) is 5.87. The number of anilines is 1. The first-order chi connectivity index (χ1) is 7.18. The molecule has 1 aromatic heterocycles. The summed E-state index contributed by atoms with van der Waals surface area (Å²) in [4.78, 5) is 14.6. The predicted molar refractivity (Wildman–Crippen MR) is 57.5 cm³/mol. The maximum atomic E-state index is 10.3. The van der Waals surface area contributed by atoms with Crippen LogP contribution in [0.4, 0.5) is 5.82 Å². The normalized spacial score (nSPS) is 9.93. The Labute approximate surface area is 88.6 Å². The number of pyridine rings is 1. The Bertz CT molecular complexity index is 328. The minimum atomic E-state index is -0.455. The van der Waals surface area contributed by atoms with Crippen molar-refractivity contribution in [3.05, 3.63) is 23.9 Å². The topological polar surface area (TPSA) is 77.2 Å². The van der Waals surface area contributed by atoms with Gasteiger partial charge in [-0.05, 0) is 19.1 Å². The van der Waals surface area contributed by atoms with Crippen LogP contribution in [0.1, 0.15) is 5.69 Å². The van der Waals surface area contributed by atoms with Crippen molar-refractivity contribution < 1.29 is 9.53 Å². The van der Waals surface area contributed by atoms with Crippen molar-refractivity contribution in [2.45, 2.75) is 6.92 Å². The summed E-state index contributed by atoms with van der Waals surface area (Å²) < 4.78 is 4.98. The molecule has 0 saturated carbocycles. The van der Waals surface area contributed by atoms with E-state index in [0.29, 0.717) is 13.2 Å². The number of amides is 1. The number of primary amides is 1. The molecule has 1 amide bonds. The van der Waals surface area contributed by atoms with E-state index in [9.17, 15) is 4.79 Å². The average molecular weight is 209 g/mol. The Morgan fingerprint density at radius 3 is 3.07 bits per heavy atom. The lowest BCUT2D eigenvalue weighted by atomic mass is 10.4. The van der Waals surface area contributed by atoms with Gasteiger partial charge in [0.2, 0.25) is 5.91 Å². The van der Waals surface area contributed by atoms with E-state index in [1.54, 1.807) is 0 Å². The maximum absolute atomic E-state index is 10.3. The van der Waals surface area contributed by atoms with Crippen LogP contribution in [0.3, 0.4) is 0 Å². The molecule has 15 heavy (non-hydrogen) atoms. The highest BCUT2D eigenvalue weighted by molar-refractivity contribution is 5.74. The summed E-state index contributed by atoms with van der Waals surface area (Å²) in [6.45, 7) is 2.92. The quantitative estimate of drug-likeness (QED) is 0.661. The fourth-order valence-electron chi connectivity index (χ4n) is 1.07. The second kappa shape index (κ2) is 5.98. The summed E-state index contributed by atoms with van der Waals surface area (Å²) >= 11 is 0. The molecule has 0 saturated heterocycles. The number of hydrogen-bond donors (Lipinski definition) is 2. The van der Waals surface area contributed by atoms with E-state index in [4.69, 9.17) is 10.5 Å². The Balaban J connectivity index is 2.17. The number of carbonyl (C=O) groups is 1. The standard InChI is InChI=1S/C10H15N3O2/c1-8-3-2-4-10(13-8)12-5-6-15-7-9(11)14/h2-4H,5-7H2,1H3,(H2,11,14)(H,12,13). The highest BCUT2D eigenvalue weighted by atomic mass is 16.5. The van der Waals surface area contributed by atoms with E-state index in [0.717, 1.165) is 11.5 Å². The maximum Gasteiger partial charge on any atom is 0.243 e. The molecule has 0 aromatic carbocycles. The second-order valence-corrected chi connectivity index (χ2v) is 3.11. The lowest BCUT2D eigenvalue weighted by molar-refractivity contribution is -0.122. The van der Waals surface area contributed by atoms with E-state index in [1.165, 1.54) is 0 Å². The molecule has 0 radical (unpaired) electrons. The van der Waals surface area contributed by atoms with Gasteiger partial charge in [-0.2, -0.15) is 0 Å². The van der Waals surface area contributed by atoms with Crippen molar-refractivity contribution in [1.82, 2.24) is 4.98 Å². The zero-order valence-corrected chi connectivity index (χ0v) is 8.69. The summed E-state index contributed by atoms with van der Waals surface area (Å²) in [7, 11) is 0. The molecule has 82 valence electrons. The Morgan fingerprint density at radius 2 is 2.40 bits per heavy atom. The first-order valence-electron chi connectivity index (χ1n) is 4.72. The summed E-state index contributed by atoms with van der Waals surface area (Å²) in [5, 5.41) is 3.07. The van der Waals surface area contributed by atoms with Gasteiger partial charge in [-0.1, -0.05) is 6.07 Å². The molecule has 0 aliphatic carbocycles. The number of aromatic nitrogens is 1. The minimum absolute atomic E-state index is 0.0388. The SMILES string of the molecule is Cc1cccc(NCCOCC(N)=O)n1. The molecule has 0 unspecified atom stereocenters. The molecule has 1 aromatic rings. The molecule has 5 heteroatoms. The first-order valence-corrected chi connectivity index (χ1v) is 4.72. The number of nitrogens with one attached hydrogen (secondary N) is 1. The number of rotatable bonds is 6. The lowest BCUT2D eigenvalue weighted by Gasteiger charge is -2.05. The Kier molecular flexibility index (Phi) is 4.56. The van der Waals surface area contributed by atoms with Crippen molar-refractivity contribution in [2.24, 2.45) is 5.73 Å². The van der Waals surface area contributed by atoms with Crippen LogP contribution in [0.5, 0.6) is 0 Å². The summed E-state index contributed by atoms with van der Waals surface area (Å²) in [5.74, 6) is 0.348. The summed E-state index contributed by atoms with van der Waals surface area (Å²) in [6.07, 6.45) is 0. The molecule has 1 heterocycles. The molecular formula is C10H15N3O2. The smallest absolute Gasteiger partial charge is 0.243 e. The van der Waals surface area contributed by atoms with Gasteiger partial charge in [0.15, 0.2) is 0 Å². The second-order valence-electron chi connectivity index (χ2n) is 3.11. The molecule has 1 rings (SSSR count). The minimum Gasteiger partial charge on any atom is -0.370 e. The molecule has 0 aliphatic heterocycles. The number of ether oxygens (including phenoxy) is 1. The van der Waals surface area contributed by atoms with Gasteiger partial charge in [0.1, 0.15) is 12.4 Å². The van der Waals surface area contributed by atoms with Crippen LogP contribution < -0.4 is 11.1 Å². The van der Waals surface area contributed by atoms with Gasteiger partial charge in [0.05, 0.1) is 6.61 Å². The van der Waals surface area contributed by atoms with Crippen LogP contribution in [0.2, 0.25) is 0 Å². The number of nitrogens with two attached hydrogens (primary N) is 1. The predicted octanol–water partition coefficient (Wildman–Crippen LogP) is 0.304. The van der Waals surface area contributed by atoms with Crippen LogP contribution >= 0.6 is 0 Å². The molecular weight excluding hydrogens is 194 g/mol. The fraction of sp³-hybridized carbons (Fsp3) is 0.400. The van der Waals surface area contributed by atoms with Crippen molar-refractivity contribution in [2.75, 3.05) is 25.1 Å². The highest BCUT2D eigenvalue weighted by Gasteiger charge is 1.95. The molecule has 3 N–H and O–H groups in total. The lowest BCUT2D eigenvalue weighted by Crippen LogP contribution is -2.20. The van der Waals surface area contributed by atoms with E-state index in [1.807, 2.05) is 25.1 Å². The zero-order chi connectivity index (χ0) is 11.1. The third-order valence-electron chi connectivity index (χ3n) is 1.69.